The summed E-state index contributed by atoms with van der Waals surface area (Å²) in [5.41, 5.74) is 2.21. The Morgan fingerprint density at radius 1 is 1.39 bits per heavy atom. The Kier molecular flexibility index (Phi) is 4.15. The molecule has 1 aromatic rings. The molecule has 0 aliphatic heterocycles. The van der Waals surface area contributed by atoms with Gasteiger partial charge in [-0.25, -0.2) is 4.79 Å². The van der Waals surface area contributed by atoms with Crippen LogP contribution in [0.2, 0.25) is 0 Å². The second kappa shape index (κ2) is 5.83. The van der Waals surface area contributed by atoms with Crippen LogP contribution in [0.15, 0.2) is 30.3 Å². The van der Waals surface area contributed by atoms with Gasteiger partial charge in [0.2, 0.25) is 0 Å². The van der Waals surface area contributed by atoms with E-state index in [9.17, 15) is 4.79 Å². The fourth-order valence-corrected chi connectivity index (χ4v) is 2.07. The van der Waals surface area contributed by atoms with E-state index >= 15 is 0 Å². The molecule has 0 bridgehead atoms. The maximum Gasteiger partial charge on any atom is 0.328 e. The van der Waals surface area contributed by atoms with Gasteiger partial charge >= 0.3 is 5.97 Å². The molecule has 0 atom stereocenters. The molecule has 0 amide bonds. The van der Waals surface area contributed by atoms with Crippen molar-refractivity contribution in [2.75, 3.05) is 6.54 Å². The Balaban J connectivity index is 1.96. The lowest BCUT2D eigenvalue weighted by Crippen LogP contribution is -2.24. The van der Waals surface area contributed by atoms with E-state index in [4.69, 9.17) is 5.11 Å². The topological polar surface area (TPSA) is 40.5 Å². The van der Waals surface area contributed by atoms with Gasteiger partial charge in [0, 0.05) is 18.7 Å². The van der Waals surface area contributed by atoms with Gasteiger partial charge in [-0.15, -0.1) is 0 Å². The molecule has 18 heavy (non-hydrogen) atoms. The molecule has 0 radical (unpaired) electrons. The number of hydrogen-bond acceptors (Lipinski definition) is 2. The van der Waals surface area contributed by atoms with Crippen LogP contribution in [0, 0.1) is 0 Å². The maximum atomic E-state index is 10.4. The SMILES string of the molecule is CCN(Cc1ccc(/C=C/C(=O)O)cc1)C1CC1. The van der Waals surface area contributed by atoms with Gasteiger partial charge in [-0.1, -0.05) is 31.2 Å². The van der Waals surface area contributed by atoms with Crippen LogP contribution >= 0.6 is 0 Å². The molecule has 0 unspecified atom stereocenters. The standard InChI is InChI=1S/C15H19NO2/c1-2-16(14-8-9-14)11-13-5-3-12(4-6-13)7-10-15(17)18/h3-7,10,14H,2,8-9,11H2,1H3,(H,17,18)/b10-7+. The van der Waals surface area contributed by atoms with Crippen molar-refractivity contribution >= 4 is 12.0 Å². The van der Waals surface area contributed by atoms with Crippen molar-refractivity contribution in [2.24, 2.45) is 0 Å². The zero-order valence-corrected chi connectivity index (χ0v) is 10.7. The Morgan fingerprint density at radius 3 is 2.56 bits per heavy atom. The number of carboxylic acid groups (broad SMARTS) is 1. The number of aliphatic carboxylic acids is 1. The summed E-state index contributed by atoms with van der Waals surface area (Å²) in [6.07, 6.45) is 5.43. The molecule has 1 aromatic carbocycles. The number of carbonyl (C=O) groups is 1. The first-order valence-electron chi connectivity index (χ1n) is 6.43. The molecule has 0 spiro atoms. The minimum Gasteiger partial charge on any atom is -0.478 e. The smallest absolute Gasteiger partial charge is 0.328 e. The predicted octanol–water partition coefficient (Wildman–Crippen LogP) is 2.77. The van der Waals surface area contributed by atoms with E-state index in [1.807, 2.05) is 12.1 Å². The quantitative estimate of drug-likeness (QED) is 0.783. The maximum absolute atomic E-state index is 10.4. The first-order chi connectivity index (χ1) is 8.69. The third kappa shape index (κ3) is 3.70. The summed E-state index contributed by atoms with van der Waals surface area (Å²) in [6.45, 7) is 4.28. The first kappa shape index (κ1) is 12.8. The second-order valence-electron chi connectivity index (χ2n) is 4.71. The van der Waals surface area contributed by atoms with E-state index in [-0.39, 0.29) is 0 Å². The van der Waals surface area contributed by atoms with E-state index in [0.29, 0.717) is 0 Å². The molecule has 3 nitrogen and oxygen atoms in total. The monoisotopic (exact) mass is 245 g/mol. The highest BCUT2D eigenvalue weighted by Gasteiger charge is 2.27. The van der Waals surface area contributed by atoms with Crippen molar-refractivity contribution in [2.45, 2.75) is 32.4 Å². The Labute approximate surface area is 108 Å². The van der Waals surface area contributed by atoms with Gasteiger partial charge < -0.3 is 5.11 Å². The van der Waals surface area contributed by atoms with Gasteiger partial charge in [0.05, 0.1) is 0 Å². The molecule has 1 aliphatic rings. The summed E-state index contributed by atoms with van der Waals surface area (Å²) in [5.74, 6) is -0.912. The Bertz CT molecular complexity index is 432. The third-order valence-electron chi connectivity index (χ3n) is 3.25. The van der Waals surface area contributed by atoms with Crippen molar-refractivity contribution in [3.63, 3.8) is 0 Å². The highest BCUT2D eigenvalue weighted by atomic mass is 16.4. The van der Waals surface area contributed by atoms with Crippen molar-refractivity contribution in [1.29, 1.82) is 0 Å². The molecular formula is C15H19NO2. The average Bonchev–Trinajstić information content (AvgIpc) is 3.19. The normalized spacial score (nSPS) is 15.4. The van der Waals surface area contributed by atoms with Crippen LogP contribution in [0.5, 0.6) is 0 Å². The van der Waals surface area contributed by atoms with Crippen LogP contribution in [0.1, 0.15) is 30.9 Å². The number of benzene rings is 1. The molecule has 1 N–H and O–H groups in total. The van der Waals surface area contributed by atoms with Crippen molar-refractivity contribution < 1.29 is 9.90 Å². The zero-order chi connectivity index (χ0) is 13.0. The van der Waals surface area contributed by atoms with Gasteiger partial charge in [0.1, 0.15) is 0 Å². The molecule has 0 heterocycles. The number of hydrogen-bond donors (Lipinski definition) is 1. The lowest BCUT2D eigenvalue weighted by atomic mass is 10.1. The minimum atomic E-state index is -0.912. The predicted molar refractivity (Wildman–Crippen MR) is 72.2 cm³/mol. The Hall–Kier alpha value is -1.61. The van der Waals surface area contributed by atoms with Gasteiger partial charge in [-0.2, -0.15) is 0 Å². The summed E-state index contributed by atoms with van der Waals surface area (Å²) in [6, 6.07) is 8.87. The van der Waals surface area contributed by atoms with Gasteiger partial charge in [0.15, 0.2) is 0 Å². The lowest BCUT2D eigenvalue weighted by Gasteiger charge is -2.19. The van der Waals surface area contributed by atoms with Crippen molar-refractivity contribution in [3.05, 3.63) is 41.5 Å². The largest absolute Gasteiger partial charge is 0.478 e. The van der Waals surface area contributed by atoms with E-state index in [2.05, 4.69) is 24.0 Å². The fraction of sp³-hybridized carbons (Fsp3) is 0.400. The highest BCUT2D eigenvalue weighted by molar-refractivity contribution is 5.85. The van der Waals surface area contributed by atoms with E-state index in [1.165, 1.54) is 18.4 Å². The zero-order valence-electron chi connectivity index (χ0n) is 10.7. The number of carboxylic acids is 1. The van der Waals surface area contributed by atoms with Crippen LogP contribution in [0.3, 0.4) is 0 Å². The highest BCUT2D eigenvalue weighted by Crippen LogP contribution is 2.27. The van der Waals surface area contributed by atoms with Crippen LogP contribution in [0.4, 0.5) is 0 Å². The average molecular weight is 245 g/mol. The summed E-state index contributed by atoms with van der Waals surface area (Å²) in [4.78, 5) is 12.9. The van der Waals surface area contributed by atoms with E-state index in [0.717, 1.165) is 30.8 Å². The third-order valence-corrected chi connectivity index (χ3v) is 3.25. The van der Waals surface area contributed by atoms with Crippen molar-refractivity contribution in [1.82, 2.24) is 4.90 Å². The van der Waals surface area contributed by atoms with Crippen LogP contribution in [-0.4, -0.2) is 28.6 Å². The molecular weight excluding hydrogens is 226 g/mol. The lowest BCUT2D eigenvalue weighted by molar-refractivity contribution is -0.131. The summed E-state index contributed by atoms with van der Waals surface area (Å²) >= 11 is 0. The first-order valence-corrected chi connectivity index (χ1v) is 6.43. The molecule has 0 saturated heterocycles. The summed E-state index contributed by atoms with van der Waals surface area (Å²) in [7, 11) is 0. The molecule has 0 aromatic heterocycles. The molecule has 2 rings (SSSR count). The van der Waals surface area contributed by atoms with Gasteiger partial charge in [-0.05, 0) is 36.6 Å². The fourth-order valence-electron chi connectivity index (χ4n) is 2.07. The van der Waals surface area contributed by atoms with Crippen LogP contribution < -0.4 is 0 Å². The summed E-state index contributed by atoms with van der Waals surface area (Å²) in [5, 5.41) is 8.55. The Morgan fingerprint density at radius 2 is 2.06 bits per heavy atom. The van der Waals surface area contributed by atoms with E-state index in [1.54, 1.807) is 6.08 Å². The minimum absolute atomic E-state index is 0.779. The number of nitrogens with zero attached hydrogens (tertiary/aromatic N) is 1. The van der Waals surface area contributed by atoms with E-state index < -0.39 is 5.97 Å². The van der Waals surface area contributed by atoms with Crippen LogP contribution in [0.25, 0.3) is 6.08 Å². The summed E-state index contributed by atoms with van der Waals surface area (Å²) < 4.78 is 0. The molecule has 96 valence electrons. The van der Waals surface area contributed by atoms with Gasteiger partial charge in [0.25, 0.3) is 0 Å². The molecule has 1 aliphatic carbocycles. The second-order valence-corrected chi connectivity index (χ2v) is 4.71. The molecule has 3 heteroatoms. The van der Waals surface area contributed by atoms with Crippen molar-refractivity contribution in [3.8, 4) is 0 Å². The van der Waals surface area contributed by atoms with Crippen LogP contribution in [-0.2, 0) is 11.3 Å². The number of rotatable bonds is 6. The molecule has 1 saturated carbocycles. The van der Waals surface area contributed by atoms with Gasteiger partial charge in [-0.3, -0.25) is 4.90 Å². The molecule has 1 fully saturated rings.